The maximum absolute atomic E-state index is 2.50. The molecule has 1 saturated carbocycles. The highest BCUT2D eigenvalue weighted by Gasteiger charge is 2.41. The Kier molecular flexibility index (Phi) is 6.35. The third kappa shape index (κ3) is 4.35. The molecule has 0 amide bonds. The van der Waals surface area contributed by atoms with Gasteiger partial charge in [0.1, 0.15) is 0 Å². The summed E-state index contributed by atoms with van der Waals surface area (Å²) >= 11 is 0. The highest BCUT2D eigenvalue weighted by molar-refractivity contribution is 7.00. The second-order valence-electron chi connectivity index (χ2n) is 7.77. The van der Waals surface area contributed by atoms with Crippen molar-refractivity contribution in [1.82, 2.24) is 0 Å². The van der Waals surface area contributed by atoms with Crippen LogP contribution in [0.25, 0.3) is 0 Å². The quantitative estimate of drug-likeness (QED) is 0.554. The van der Waals surface area contributed by atoms with Crippen molar-refractivity contribution in [2.75, 3.05) is 0 Å². The van der Waals surface area contributed by atoms with E-state index in [1.807, 2.05) is 0 Å². The molecule has 1 rings (SSSR count). The van der Waals surface area contributed by atoms with Crippen molar-refractivity contribution in [3.63, 3.8) is 0 Å². The van der Waals surface area contributed by atoms with Crippen molar-refractivity contribution in [3.8, 4) is 0 Å². The van der Waals surface area contributed by atoms with E-state index < -0.39 is 0 Å². The first-order chi connectivity index (χ1) is 8.40. The zero-order chi connectivity index (χ0) is 13.8. The summed E-state index contributed by atoms with van der Waals surface area (Å²) in [7, 11) is 2.77. The van der Waals surface area contributed by atoms with E-state index in [-0.39, 0.29) is 0 Å². The molecule has 1 fully saturated rings. The molecule has 0 saturated heterocycles. The molecule has 0 aliphatic heterocycles. The Balaban J connectivity index is 2.29. The van der Waals surface area contributed by atoms with Gasteiger partial charge < -0.3 is 0 Å². The average Bonchev–Trinajstić information content (AvgIpc) is 2.13. The van der Waals surface area contributed by atoms with Crippen LogP contribution in [0.4, 0.5) is 0 Å². The van der Waals surface area contributed by atoms with Crippen molar-refractivity contribution >= 4 is 14.3 Å². The van der Waals surface area contributed by atoms with E-state index in [0.717, 1.165) is 23.6 Å². The topological polar surface area (TPSA) is 0 Å². The Morgan fingerprint density at radius 2 is 1.83 bits per heavy atom. The molecule has 0 heterocycles. The lowest BCUT2D eigenvalue weighted by Crippen LogP contribution is -2.38. The van der Waals surface area contributed by atoms with Crippen LogP contribution in [0.2, 0.25) is 12.6 Å². The summed E-state index contributed by atoms with van der Waals surface area (Å²) in [6.45, 7) is 14.6. The first kappa shape index (κ1) is 16.2. The maximum Gasteiger partial charge on any atom is 0.0897 e. The van der Waals surface area contributed by atoms with Crippen LogP contribution in [0.15, 0.2) is 0 Å². The summed E-state index contributed by atoms with van der Waals surface area (Å²) in [6.07, 6.45) is 7.22. The molecule has 0 aromatic heterocycles. The smallest absolute Gasteiger partial charge is 0.0897 e. The Labute approximate surface area is 117 Å². The van der Waals surface area contributed by atoms with Crippen LogP contribution >= 0.6 is 0 Å². The van der Waals surface area contributed by atoms with Gasteiger partial charge in [0.15, 0.2) is 0 Å². The highest BCUT2D eigenvalue weighted by Crippen LogP contribution is 2.51. The molecule has 0 bridgehead atoms. The lowest BCUT2D eigenvalue weighted by molar-refractivity contribution is 0.0256. The molecule has 18 heavy (non-hydrogen) atoms. The van der Waals surface area contributed by atoms with E-state index in [4.69, 9.17) is 0 Å². The van der Waals surface area contributed by atoms with Gasteiger partial charge in [0.05, 0.1) is 14.3 Å². The van der Waals surface area contributed by atoms with Crippen molar-refractivity contribution in [2.45, 2.75) is 79.4 Å². The SMILES string of the molecule is CBBC(C)CC(C)C1CC(C(C)(C)CCC)C1. The summed E-state index contributed by atoms with van der Waals surface area (Å²) in [5.41, 5.74) is 0.597. The zero-order valence-electron chi connectivity index (χ0n) is 13.8. The first-order valence-corrected chi connectivity index (χ1v) is 8.40. The van der Waals surface area contributed by atoms with Crippen molar-refractivity contribution in [3.05, 3.63) is 0 Å². The van der Waals surface area contributed by atoms with Gasteiger partial charge in [-0.1, -0.05) is 60.1 Å². The first-order valence-electron chi connectivity index (χ1n) is 8.40. The molecule has 1 aliphatic carbocycles. The van der Waals surface area contributed by atoms with E-state index >= 15 is 0 Å². The van der Waals surface area contributed by atoms with Gasteiger partial charge in [-0.25, -0.2) is 0 Å². The molecule has 2 heteroatoms. The molecule has 2 atom stereocenters. The second-order valence-corrected chi connectivity index (χ2v) is 7.77. The largest absolute Gasteiger partial charge is 0.0958 e. The van der Waals surface area contributed by atoms with E-state index in [1.54, 1.807) is 0 Å². The van der Waals surface area contributed by atoms with Crippen LogP contribution in [0.3, 0.4) is 0 Å². The summed E-state index contributed by atoms with van der Waals surface area (Å²) < 4.78 is 0. The average molecular weight is 248 g/mol. The third-order valence-corrected chi connectivity index (χ3v) is 5.53. The van der Waals surface area contributed by atoms with Gasteiger partial charge in [0.2, 0.25) is 0 Å². The monoisotopic (exact) mass is 248 g/mol. The molecular formula is C16H34B2. The Morgan fingerprint density at radius 1 is 1.22 bits per heavy atom. The number of hydrogen-bond acceptors (Lipinski definition) is 0. The molecule has 104 valence electrons. The lowest BCUT2D eigenvalue weighted by atomic mass is 9.34. The lowest BCUT2D eigenvalue weighted by Gasteiger charge is -2.48. The van der Waals surface area contributed by atoms with Gasteiger partial charge in [-0.15, -0.1) is 0 Å². The van der Waals surface area contributed by atoms with Crippen LogP contribution in [0, 0.1) is 23.2 Å². The van der Waals surface area contributed by atoms with Crippen LogP contribution in [-0.2, 0) is 0 Å². The molecule has 2 unspecified atom stereocenters. The minimum absolute atomic E-state index is 0.597. The maximum atomic E-state index is 2.50. The Morgan fingerprint density at radius 3 is 2.33 bits per heavy atom. The molecular weight excluding hydrogens is 214 g/mol. The van der Waals surface area contributed by atoms with E-state index in [1.165, 1.54) is 46.4 Å². The summed E-state index contributed by atoms with van der Waals surface area (Å²) in [4.78, 5) is 0. The second kappa shape index (κ2) is 7.06. The van der Waals surface area contributed by atoms with Gasteiger partial charge in [-0.2, -0.15) is 0 Å². The van der Waals surface area contributed by atoms with Gasteiger partial charge in [-0.3, -0.25) is 0 Å². The molecule has 0 spiro atoms. The summed E-state index contributed by atoms with van der Waals surface area (Å²) in [5, 5.41) is 0. The van der Waals surface area contributed by atoms with Gasteiger partial charge in [0, 0.05) is 0 Å². The minimum Gasteiger partial charge on any atom is -0.0958 e. The van der Waals surface area contributed by atoms with Crippen molar-refractivity contribution in [2.24, 2.45) is 23.2 Å². The fourth-order valence-corrected chi connectivity index (χ4v) is 4.05. The van der Waals surface area contributed by atoms with Gasteiger partial charge >= 0.3 is 0 Å². The number of hydrogen-bond donors (Lipinski definition) is 0. The van der Waals surface area contributed by atoms with Gasteiger partial charge in [0.25, 0.3) is 0 Å². The number of rotatable bonds is 8. The van der Waals surface area contributed by atoms with Gasteiger partial charge in [-0.05, 0) is 42.4 Å². The summed E-state index contributed by atoms with van der Waals surface area (Å²) in [6, 6.07) is 0. The van der Waals surface area contributed by atoms with Crippen LogP contribution in [-0.4, -0.2) is 14.3 Å². The summed E-state index contributed by atoms with van der Waals surface area (Å²) in [5.74, 6) is 3.93. The minimum atomic E-state index is 0.597. The zero-order valence-corrected chi connectivity index (χ0v) is 13.8. The van der Waals surface area contributed by atoms with Crippen LogP contribution < -0.4 is 0 Å². The van der Waals surface area contributed by atoms with Crippen molar-refractivity contribution in [1.29, 1.82) is 0 Å². The van der Waals surface area contributed by atoms with E-state index in [2.05, 4.69) is 41.4 Å². The van der Waals surface area contributed by atoms with Crippen LogP contribution in [0.5, 0.6) is 0 Å². The van der Waals surface area contributed by atoms with E-state index in [0.29, 0.717) is 5.41 Å². The molecule has 0 nitrogen and oxygen atoms in total. The highest BCUT2D eigenvalue weighted by atomic mass is 14.5. The fourth-order valence-electron chi connectivity index (χ4n) is 4.05. The Hall–Kier alpha value is 0.130. The normalized spacial score (nSPS) is 27.2. The van der Waals surface area contributed by atoms with Crippen molar-refractivity contribution < 1.29 is 0 Å². The van der Waals surface area contributed by atoms with E-state index in [9.17, 15) is 0 Å². The molecule has 0 radical (unpaired) electrons. The predicted octanol–water partition coefficient (Wildman–Crippen LogP) is 4.51. The third-order valence-electron chi connectivity index (χ3n) is 5.53. The molecule has 0 aromatic rings. The molecule has 1 aliphatic rings. The predicted molar refractivity (Wildman–Crippen MR) is 88.3 cm³/mol. The molecule has 0 N–H and O–H groups in total. The standard InChI is InChI=1S/C16H34B2/c1-7-8-16(4,5)15-10-14(11-15)12(2)9-13(3)18-17-6/h12-15,17-18H,7-11H2,1-6H3. The Bertz CT molecular complexity index is 231. The fraction of sp³-hybridized carbons (Fsp3) is 1.00. The van der Waals surface area contributed by atoms with Crippen LogP contribution in [0.1, 0.15) is 66.7 Å². The molecule has 0 aromatic carbocycles.